The van der Waals surface area contributed by atoms with Gasteiger partial charge in [-0.15, -0.1) is 0 Å². The van der Waals surface area contributed by atoms with E-state index in [1.807, 2.05) is 31.2 Å². The SMILES string of the molecule is COc1ccc([C@@H]2C(=C(O)c3ccc4c(c3)C[C@@H](C)O4)C(=O)C(=O)N2CCN2CCOCC2)cc1. The van der Waals surface area contributed by atoms with Crippen LogP contribution in [0.3, 0.4) is 0 Å². The quantitative estimate of drug-likeness (QED) is 0.388. The number of hydrogen-bond acceptors (Lipinski definition) is 7. The molecule has 2 aromatic rings. The summed E-state index contributed by atoms with van der Waals surface area (Å²) in [4.78, 5) is 30.3. The van der Waals surface area contributed by atoms with Crippen molar-refractivity contribution < 1.29 is 28.9 Å². The van der Waals surface area contributed by atoms with E-state index in [1.165, 1.54) is 0 Å². The van der Waals surface area contributed by atoms with Gasteiger partial charge in [-0.25, -0.2) is 0 Å². The van der Waals surface area contributed by atoms with Gasteiger partial charge in [0.05, 0.1) is 31.9 Å². The molecule has 0 saturated carbocycles. The first-order valence-electron chi connectivity index (χ1n) is 12.0. The molecule has 8 nitrogen and oxygen atoms in total. The number of fused-ring (bicyclic) bond motifs is 1. The van der Waals surface area contributed by atoms with Gasteiger partial charge in [-0.3, -0.25) is 14.5 Å². The molecule has 3 aliphatic rings. The zero-order valence-electron chi connectivity index (χ0n) is 20.0. The molecule has 2 atom stereocenters. The first-order valence-corrected chi connectivity index (χ1v) is 12.0. The molecular formula is C27H30N2O6. The van der Waals surface area contributed by atoms with Gasteiger partial charge < -0.3 is 24.2 Å². The van der Waals surface area contributed by atoms with Crippen LogP contribution < -0.4 is 9.47 Å². The van der Waals surface area contributed by atoms with Crippen LogP contribution >= 0.6 is 0 Å². The van der Waals surface area contributed by atoms with Crippen LogP contribution in [0.4, 0.5) is 0 Å². The third-order valence-corrected chi connectivity index (χ3v) is 6.90. The van der Waals surface area contributed by atoms with E-state index < -0.39 is 17.7 Å². The molecule has 1 N–H and O–H groups in total. The lowest BCUT2D eigenvalue weighted by Gasteiger charge is -2.31. The number of carbonyl (C=O) groups is 2. The van der Waals surface area contributed by atoms with Gasteiger partial charge in [0.2, 0.25) is 0 Å². The Balaban J connectivity index is 1.53. The van der Waals surface area contributed by atoms with E-state index in [9.17, 15) is 14.7 Å². The van der Waals surface area contributed by atoms with E-state index in [0.717, 1.165) is 36.4 Å². The molecule has 1 amide bonds. The standard InChI is InChI=1S/C27H30N2O6/c1-17-15-20-16-19(5-8-22(20)35-17)25(30)23-24(18-3-6-21(33-2)7-4-18)29(27(32)26(23)31)10-9-28-11-13-34-14-12-28/h3-8,16-17,24,30H,9-15H2,1-2H3/t17-,24-/m1/s1. The molecule has 0 bridgehead atoms. The van der Waals surface area contributed by atoms with Gasteiger partial charge in [0.25, 0.3) is 11.7 Å². The number of rotatable bonds is 6. The fourth-order valence-corrected chi connectivity index (χ4v) is 5.04. The summed E-state index contributed by atoms with van der Waals surface area (Å²) in [6.45, 7) is 5.86. The van der Waals surface area contributed by atoms with E-state index in [0.29, 0.717) is 37.6 Å². The molecule has 8 heteroatoms. The second-order valence-corrected chi connectivity index (χ2v) is 9.17. The van der Waals surface area contributed by atoms with Gasteiger partial charge in [-0.1, -0.05) is 12.1 Å². The molecule has 0 spiro atoms. The number of amides is 1. The van der Waals surface area contributed by atoms with E-state index in [2.05, 4.69) is 4.90 Å². The Hall–Kier alpha value is -3.36. The fourth-order valence-electron chi connectivity index (χ4n) is 5.04. The molecule has 35 heavy (non-hydrogen) atoms. The van der Waals surface area contributed by atoms with Crippen molar-refractivity contribution in [3.05, 3.63) is 64.7 Å². The molecule has 2 aromatic carbocycles. The molecule has 0 aromatic heterocycles. The summed E-state index contributed by atoms with van der Waals surface area (Å²) in [5.41, 5.74) is 2.33. The van der Waals surface area contributed by atoms with Crippen LogP contribution in [0.1, 0.15) is 29.7 Å². The summed E-state index contributed by atoms with van der Waals surface area (Å²) in [6, 6.07) is 12.0. The fraction of sp³-hybridized carbons (Fsp3) is 0.407. The van der Waals surface area contributed by atoms with E-state index in [-0.39, 0.29) is 17.4 Å². The van der Waals surface area contributed by atoms with Crippen molar-refractivity contribution in [2.75, 3.05) is 46.5 Å². The maximum atomic E-state index is 13.3. The number of methoxy groups -OCH3 is 1. The van der Waals surface area contributed by atoms with Gasteiger partial charge >= 0.3 is 0 Å². The van der Waals surface area contributed by atoms with Crippen LogP contribution in [0.25, 0.3) is 5.76 Å². The molecule has 2 saturated heterocycles. The van der Waals surface area contributed by atoms with E-state index in [1.54, 1.807) is 30.2 Å². The monoisotopic (exact) mass is 478 g/mol. The Morgan fingerprint density at radius 3 is 2.54 bits per heavy atom. The summed E-state index contributed by atoms with van der Waals surface area (Å²) in [6.07, 6.45) is 0.791. The second kappa shape index (κ2) is 9.71. The van der Waals surface area contributed by atoms with Crippen LogP contribution in [-0.4, -0.2) is 79.2 Å². The predicted octanol–water partition coefficient (Wildman–Crippen LogP) is 2.77. The number of likely N-dealkylation sites (tertiary alicyclic amines) is 1. The van der Waals surface area contributed by atoms with E-state index in [4.69, 9.17) is 14.2 Å². The lowest BCUT2D eigenvalue weighted by Crippen LogP contribution is -2.42. The number of ketones is 1. The van der Waals surface area contributed by atoms with Gasteiger partial charge in [-0.2, -0.15) is 0 Å². The highest BCUT2D eigenvalue weighted by atomic mass is 16.5. The molecule has 5 rings (SSSR count). The Kier molecular flexibility index (Phi) is 6.49. The topological polar surface area (TPSA) is 88.5 Å². The summed E-state index contributed by atoms with van der Waals surface area (Å²) >= 11 is 0. The first-order chi connectivity index (χ1) is 17.0. The predicted molar refractivity (Wildman–Crippen MR) is 129 cm³/mol. The number of hydrogen-bond donors (Lipinski definition) is 1. The highest BCUT2D eigenvalue weighted by Crippen LogP contribution is 2.40. The summed E-state index contributed by atoms with van der Waals surface area (Å²) in [5.74, 6) is 0.0213. The van der Waals surface area contributed by atoms with Crippen molar-refractivity contribution in [3.63, 3.8) is 0 Å². The van der Waals surface area contributed by atoms with Gasteiger partial charge in [0, 0.05) is 38.2 Å². The Morgan fingerprint density at radius 1 is 1.09 bits per heavy atom. The molecule has 0 unspecified atom stereocenters. The number of ether oxygens (including phenoxy) is 3. The highest BCUT2D eigenvalue weighted by Gasteiger charge is 2.46. The Morgan fingerprint density at radius 2 is 1.83 bits per heavy atom. The minimum atomic E-state index is -0.689. The molecule has 3 heterocycles. The molecule has 184 valence electrons. The van der Waals surface area contributed by atoms with Crippen molar-refractivity contribution in [2.45, 2.75) is 25.5 Å². The average molecular weight is 479 g/mol. The van der Waals surface area contributed by atoms with Gasteiger partial charge in [0.15, 0.2) is 0 Å². The summed E-state index contributed by atoms with van der Waals surface area (Å²) in [7, 11) is 1.59. The number of aliphatic hydroxyl groups excluding tert-OH is 1. The Labute approximate surface area is 204 Å². The summed E-state index contributed by atoms with van der Waals surface area (Å²) in [5, 5.41) is 11.4. The lowest BCUT2D eigenvalue weighted by atomic mass is 9.94. The maximum absolute atomic E-state index is 13.3. The molecule has 2 fully saturated rings. The number of morpholine rings is 1. The maximum Gasteiger partial charge on any atom is 0.295 e. The van der Waals surface area contributed by atoms with Crippen molar-refractivity contribution in [2.24, 2.45) is 0 Å². The third-order valence-electron chi connectivity index (χ3n) is 6.90. The van der Waals surface area contributed by atoms with Crippen molar-refractivity contribution in [1.29, 1.82) is 0 Å². The third kappa shape index (κ3) is 4.51. The first kappa shape index (κ1) is 23.4. The molecular weight excluding hydrogens is 448 g/mol. The van der Waals surface area contributed by atoms with Crippen LogP contribution in [0.2, 0.25) is 0 Å². The van der Waals surface area contributed by atoms with Gasteiger partial charge in [-0.05, 0) is 48.4 Å². The number of Topliss-reactive ketones (excluding diaryl/α,β-unsaturated/α-hetero) is 1. The molecule has 0 aliphatic carbocycles. The Bertz CT molecular complexity index is 1150. The minimum Gasteiger partial charge on any atom is -0.507 e. The minimum absolute atomic E-state index is 0.0625. The zero-order chi connectivity index (χ0) is 24.5. The number of benzene rings is 2. The van der Waals surface area contributed by atoms with E-state index >= 15 is 0 Å². The smallest absolute Gasteiger partial charge is 0.295 e. The van der Waals surface area contributed by atoms with Crippen molar-refractivity contribution in [3.8, 4) is 11.5 Å². The highest BCUT2D eigenvalue weighted by molar-refractivity contribution is 6.46. The largest absolute Gasteiger partial charge is 0.507 e. The van der Waals surface area contributed by atoms with Crippen molar-refractivity contribution in [1.82, 2.24) is 9.80 Å². The van der Waals surface area contributed by atoms with Crippen LogP contribution in [0.5, 0.6) is 11.5 Å². The molecule has 0 radical (unpaired) electrons. The normalized spacial score (nSPS) is 23.9. The number of aliphatic hydroxyl groups is 1. The second-order valence-electron chi connectivity index (χ2n) is 9.17. The number of carbonyl (C=O) groups excluding carboxylic acids is 2. The zero-order valence-corrected chi connectivity index (χ0v) is 20.0. The van der Waals surface area contributed by atoms with Gasteiger partial charge in [0.1, 0.15) is 23.4 Å². The molecule has 3 aliphatic heterocycles. The lowest BCUT2D eigenvalue weighted by molar-refractivity contribution is -0.140. The van der Waals surface area contributed by atoms with Crippen LogP contribution in [0.15, 0.2) is 48.0 Å². The summed E-state index contributed by atoms with van der Waals surface area (Å²) < 4.78 is 16.5. The van der Waals surface area contributed by atoms with Crippen molar-refractivity contribution >= 4 is 17.4 Å². The average Bonchev–Trinajstić information content (AvgIpc) is 3.38. The van der Waals surface area contributed by atoms with Crippen LogP contribution in [0, 0.1) is 0 Å². The van der Waals surface area contributed by atoms with Crippen LogP contribution in [-0.2, 0) is 20.7 Å². The number of nitrogens with zero attached hydrogens (tertiary/aromatic N) is 2.